The number of methoxy groups -OCH3 is 1. The van der Waals surface area contributed by atoms with E-state index >= 15 is 0 Å². The molecule has 0 amide bonds. The van der Waals surface area contributed by atoms with Crippen molar-refractivity contribution in [2.24, 2.45) is 0 Å². The minimum absolute atomic E-state index is 0.202. The highest BCUT2D eigenvalue weighted by Gasteiger charge is 2.17. The lowest BCUT2D eigenvalue weighted by Crippen LogP contribution is -2.48. The van der Waals surface area contributed by atoms with E-state index in [4.69, 9.17) is 4.74 Å². The van der Waals surface area contributed by atoms with Crippen LogP contribution in [0.5, 0.6) is 0 Å². The maximum atomic E-state index is 5.15. The normalized spacial score (nSPS) is 14.4. The van der Waals surface area contributed by atoms with Crippen molar-refractivity contribution < 1.29 is 4.74 Å². The molecular formula is C13H30N2O. The zero-order valence-electron chi connectivity index (χ0n) is 12.0. The van der Waals surface area contributed by atoms with Crippen molar-refractivity contribution in [3.63, 3.8) is 0 Å². The summed E-state index contributed by atoms with van der Waals surface area (Å²) in [7, 11) is 1.77. The van der Waals surface area contributed by atoms with Gasteiger partial charge in [-0.1, -0.05) is 13.8 Å². The van der Waals surface area contributed by atoms with E-state index < -0.39 is 0 Å². The van der Waals surface area contributed by atoms with Gasteiger partial charge in [-0.3, -0.25) is 4.90 Å². The predicted octanol–water partition coefficient (Wildman–Crippen LogP) is 2.12. The zero-order chi connectivity index (χ0) is 12.6. The third kappa shape index (κ3) is 7.20. The number of nitrogens with one attached hydrogen (secondary N) is 1. The number of rotatable bonds is 8. The van der Waals surface area contributed by atoms with Gasteiger partial charge in [0.05, 0.1) is 6.61 Å². The Morgan fingerprint density at radius 1 is 1.25 bits per heavy atom. The fourth-order valence-electron chi connectivity index (χ4n) is 1.76. The number of hydrogen-bond acceptors (Lipinski definition) is 3. The maximum Gasteiger partial charge on any atom is 0.0589 e. The molecule has 1 unspecified atom stereocenters. The summed E-state index contributed by atoms with van der Waals surface area (Å²) in [6.07, 6.45) is 1.18. The van der Waals surface area contributed by atoms with Crippen molar-refractivity contribution in [3.8, 4) is 0 Å². The lowest BCUT2D eigenvalue weighted by atomic mass is 10.1. The quantitative estimate of drug-likeness (QED) is 0.691. The monoisotopic (exact) mass is 230 g/mol. The van der Waals surface area contributed by atoms with Gasteiger partial charge in [0, 0.05) is 31.8 Å². The van der Waals surface area contributed by atoms with Crippen LogP contribution in [0.1, 0.15) is 41.0 Å². The molecule has 0 aromatic heterocycles. The molecule has 16 heavy (non-hydrogen) atoms. The molecule has 0 aromatic rings. The van der Waals surface area contributed by atoms with Crippen LogP contribution < -0.4 is 5.32 Å². The summed E-state index contributed by atoms with van der Waals surface area (Å²) in [6.45, 7) is 15.1. The molecule has 0 fully saturated rings. The number of likely N-dealkylation sites (N-methyl/N-ethyl adjacent to an activating group) is 1. The van der Waals surface area contributed by atoms with Crippen LogP contribution >= 0.6 is 0 Å². The lowest BCUT2D eigenvalue weighted by molar-refractivity contribution is 0.117. The Morgan fingerprint density at radius 3 is 2.25 bits per heavy atom. The molecule has 0 aliphatic rings. The molecule has 0 aliphatic carbocycles. The largest absolute Gasteiger partial charge is 0.383 e. The van der Waals surface area contributed by atoms with Crippen molar-refractivity contribution in [3.05, 3.63) is 0 Å². The fraction of sp³-hybridized carbons (Fsp3) is 1.00. The SMILES string of the molecule is CCC(CNC(C)(C)C)N(CC)CCOC. The first kappa shape index (κ1) is 15.9. The number of nitrogens with zero attached hydrogens (tertiary/aromatic N) is 1. The molecule has 0 radical (unpaired) electrons. The van der Waals surface area contributed by atoms with Crippen LogP contribution in [0.4, 0.5) is 0 Å². The van der Waals surface area contributed by atoms with E-state index in [1.54, 1.807) is 7.11 Å². The summed E-state index contributed by atoms with van der Waals surface area (Å²) in [5.74, 6) is 0. The van der Waals surface area contributed by atoms with Crippen LogP contribution in [0.2, 0.25) is 0 Å². The average Bonchev–Trinajstić information content (AvgIpc) is 2.21. The minimum atomic E-state index is 0.202. The zero-order valence-corrected chi connectivity index (χ0v) is 12.0. The molecule has 0 rings (SSSR count). The van der Waals surface area contributed by atoms with Crippen LogP contribution in [-0.2, 0) is 4.74 Å². The van der Waals surface area contributed by atoms with Crippen molar-refractivity contribution in [1.29, 1.82) is 0 Å². The molecule has 0 heterocycles. The smallest absolute Gasteiger partial charge is 0.0589 e. The summed E-state index contributed by atoms with van der Waals surface area (Å²) in [5.41, 5.74) is 0.202. The first-order valence-electron chi connectivity index (χ1n) is 6.42. The predicted molar refractivity (Wildman–Crippen MR) is 71.0 cm³/mol. The van der Waals surface area contributed by atoms with Gasteiger partial charge in [-0.05, 0) is 33.7 Å². The molecule has 98 valence electrons. The summed E-state index contributed by atoms with van der Waals surface area (Å²) < 4.78 is 5.15. The summed E-state index contributed by atoms with van der Waals surface area (Å²) in [5, 5.41) is 3.58. The molecule has 0 saturated carbocycles. The van der Waals surface area contributed by atoms with E-state index in [9.17, 15) is 0 Å². The Morgan fingerprint density at radius 2 is 1.88 bits per heavy atom. The lowest BCUT2D eigenvalue weighted by Gasteiger charge is -2.32. The second-order valence-electron chi connectivity index (χ2n) is 5.31. The number of ether oxygens (including phenoxy) is 1. The van der Waals surface area contributed by atoms with E-state index in [1.165, 1.54) is 6.42 Å². The molecule has 0 saturated heterocycles. The average molecular weight is 230 g/mol. The Bertz CT molecular complexity index is 166. The first-order valence-corrected chi connectivity index (χ1v) is 6.42. The highest BCUT2D eigenvalue weighted by Crippen LogP contribution is 2.06. The van der Waals surface area contributed by atoms with E-state index in [0.29, 0.717) is 6.04 Å². The highest BCUT2D eigenvalue weighted by atomic mass is 16.5. The van der Waals surface area contributed by atoms with Crippen LogP contribution in [0.25, 0.3) is 0 Å². The van der Waals surface area contributed by atoms with Gasteiger partial charge in [0.15, 0.2) is 0 Å². The molecule has 3 heteroatoms. The van der Waals surface area contributed by atoms with Crippen LogP contribution in [0, 0.1) is 0 Å². The van der Waals surface area contributed by atoms with Crippen molar-refractivity contribution in [2.75, 3.05) is 33.4 Å². The standard InChI is InChI=1S/C13H30N2O/c1-7-12(11-14-13(3,4)5)15(8-2)9-10-16-6/h12,14H,7-11H2,1-6H3. The van der Waals surface area contributed by atoms with Gasteiger partial charge in [-0.15, -0.1) is 0 Å². The van der Waals surface area contributed by atoms with Crippen LogP contribution in [-0.4, -0.2) is 49.8 Å². The highest BCUT2D eigenvalue weighted by molar-refractivity contribution is 4.77. The Labute approximate surface area is 102 Å². The van der Waals surface area contributed by atoms with Gasteiger partial charge >= 0.3 is 0 Å². The van der Waals surface area contributed by atoms with E-state index in [-0.39, 0.29) is 5.54 Å². The molecule has 0 bridgehead atoms. The van der Waals surface area contributed by atoms with E-state index in [0.717, 1.165) is 26.2 Å². The number of hydrogen-bond donors (Lipinski definition) is 1. The van der Waals surface area contributed by atoms with Gasteiger partial charge < -0.3 is 10.1 Å². The fourth-order valence-corrected chi connectivity index (χ4v) is 1.76. The summed E-state index contributed by atoms with van der Waals surface area (Å²) in [6, 6.07) is 0.611. The molecular weight excluding hydrogens is 200 g/mol. The van der Waals surface area contributed by atoms with Gasteiger partial charge in [-0.2, -0.15) is 0 Å². The Kier molecular flexibility index (Phi) is 7.98. The molecule has 0 spiro atoms. The second kappa shape index (κ2) is 8.04. The summed E-state index contributed by atoms with van der Waals surface area (Å²) >= 11 is 0. The van der Waals surface area contributed by atoms with Gasteiger partial charge in [0.2, 0.25) is 0 Å². The molecule has 3 nitrogen and oxygen atoms in total. The van der Waals surface area contributed by atoms with E-state index in [2.05, 4.69) is 44.8 Å². The van der Waals surface area contributed by atoms with Crippen molar-refractivity contribution >= 4 is 0 Å². The molecule has 0 aliphatic heterocycles. The van der Waals surface area contributed by atoms with E-state index in [1.807, 2.05) is 0 Å². The topological polar surface area (TPSA) is 24.5 Å². The van der Waals surface area contributed by atoms with Gasteiger partial charge in [-0.25, -0.2) is 0 Å². The van der Waals surface area contributed by atoms with Crippen LogP contribution in [0.3, 0.4) is 0 Å². The minimum Gasteiger partial charge on any atom is -0.383 e. The van der Waals surface area contributed by atoms with Gasteiger partial charge in [0.25, 0.3) is 0 Å². The Hall–Kier alpha value is -0.120. The molecule has 1 atom stereocenters. The third-order valence-electron chi connectivity index (χ3n) is 2.84. The first-order chi connectivity index (χ1) is 7.44. The second-order valence-corrected chi connectivity index (χ2v) is 5.31. The van der Waals surface area contributed by atoms with Gasteiger partial charge in [0.1, 0.15) is 0 Å². The van der Waals surface area contributed by atoms with Crippen molar-refractivity contribution in [1.82, 2.24) is 10.2 Å². The summed E-state index contributed by atoms with van der Waals surface area (Å²) in [4.78, 5) is 2.49. The van der Waals surface area contributed by atoms with Crippen LogP contribution in [0.15, 0.2) is 0 Å². The molecule has 0 aromatic carbocycles. The Balaban J connectivity index is 4.11. The maximum absolute atomic E-state index is 5.15. The van der Waals surface area contributed by atoms with Crippen molar-refractivity contribution in [2.45, 2.75) is 52.6 Å². The molecule has 1 N–H and O–H groups in total. The third-order valence-corrected chi connectivity index (χ3v) is 2.84.